The van der Waals surface area contributed by atoms with Crippen LogP contribution in [-0.2, 0) is 30.2 Å². The van der Waals surface area contributed by atoms with Crippen LogP contribution in [0.25, 0.3) is 0 Å². The zero-order valence-corrected chi connectivity index (χ0v) is 22.9. The lowest BCUT2D eigenvalue weighted by Crippen LogP contribution is -2.34. The Morgan fingerprint density at radius 2 is 1.35 bits per heavy atom. The van der Waals surface area contributed by atoms with Crippen molar-refractivity contribution in [3.05, 3.63) is 52.6 Å². The van der Waals surface area contributed by atoms with Gasteiger partial charge in [0.1, 0.15) is 0 Å². The van der Waals surface area contributed by atoms with E-state index in [2.05, 4.69) is 10.6 Å². The van der Waals surface area contributed by atoms with Crippen molar-refractivity contribution in [3.8, 4) is 17.2 Å². The molecule has 2 N–H and O–H groups in total. The molecule has 12 heteroatoms. The molecule has 1 aliphatic carbocycles. The van der Waals surface area contributed by atoms with Gasteiger partial charge in [0.25, 0.3) is 0 Å². The molecule has 2 aromatic carbocycles. The Balaban J connectivity index is 1.70. The first-order valence-electron chi connectivity index (χ1n) is 12.8. The number of halogens is 6. The molecule has 1 saturated carbocycles. The maximum absolute atomic E-state index is 13.2. The monoisotopic (exact) mass is 576 g/mol. The van der Waals surface area contributed by atoms with Crippen LogP contribution in [0.2, 0.25) is 0 Å². The first-order valence-corrected chi connectivity index (χ1v) is 12.8. The van der Waals surface area contributed by atoms with Crippen LogP contribution in [0.5, 0.6) is 17.2 Å². The number of carbonyl (C=O) groups excluding carboxylic acids is 1. The smallest absolute Gasteiger partial charge is 0.416 e. The van der Waals surface area contributed by atoms with E-state index in [4.69, 9.17) is 14.2 Å². The van der Waals surface area contributed by atoms with Crippen LogP contribution < -0.4 is 24.8 Å². The van der Waals surface area contributed by atoms with E-state index in [0.717, 1.165) is 5.56 Å². The molecule has 0 radical (unpaired) electrons. The fraction of sp³-hybridized carbons (Fsp3) is 0.536. The molecule has 6 nitrogen and oxygen atoms in total. The Morgan fingerprint density at radius 1 is 0.825 bits per heavy atom. The summed E-state index contributed by atoms with van der Waals surface area (Å²) in [7, 11) is 4.55. The maximum atomic E-state index is 13.2. The molecule has 1 aliphatic rings. The van der Waals surface area contributed by atoms with Crippen molar-refractivity contribution in [3.63, 3.8) is 0 Å². The van der Waals surface area contributed by atoms with E-state index in [1.807, 2.05) is 26.0 Å². The van der Waals surface area contributed by atoms with Gasteiger partial charge < -0.3 is 24.8 Å². The SMILES string of the molecule is COc1cc(CN[C@@H]2CC(C(C)C)[C@H](C(=O)NCc3cc(C(F)(F)F)cc(C(F)(F)F)c3)C2)cc(OC)c1OC. The summed E-state index contributed by atoms with van der Waals surface area (Å²) in [4.78, 5) is 13.1. The number of ether oxygens (including phenoxy) is 3. The van der Waals surface area contributed by atoms with E-state index in [1.165, 1.54) is 21.3 Å². The highest BCUT2D eigenvalue weighted by atomic mass is 19.4. The number of hydrogen-bond donors (Lipinski definition) is 2. The highest BCUT2D eigenvalue weighted by molar-refractivity contribution is 5.79. The average molecular weight is 577 g/mol. The third kappa shape index (κ3) is 7.52. The molecule has 3 atom stereocenters. The van der Waals surface area contributed by atoms with Crippen molar-refractivity contribution in [2.75, 3.05) is 21.3 Å². The van der Waals surface area contributed by atoms with E-state index in [0.29, 0.717) is 48.8 Å². The van der Waals surface area contributed by atoms with Crippen molar-refractivity contribution in [2.45, 2.75) is 58.2 Å². The Labute approximate surface area is 229 Å². The highest BCUT2D eigenvalue weighted by Crippen LogP contribution is 2.40. The van der Waals surface area contributed by atoms with Gasteiger partial charge in [-0.15, -0.1) is 0 Å². The first-order chi connectivity index (χ1) is 18.7. The third-order valence-electron chi connectivity index (χ3n) is 7.24. The van der Waals surface area contributed by atoms with Crippen LogP contribution in [0.4, 0.5) is 26.3 Å². The van der Waals surface area contributed by atoms with Gasteiger partial charge in [0, 0.05) is 25.0 Å². The minimum absolute atomic E-state index is 0.0234. The molecule has 0 bridgehead atoms. The summed E-state index contributed by atoms with van der Waals surface area (Å²) in [5.74, 6) is 0.733. The standard InChI is InChI=1S/C28H34F6N2O4/c1-15(2)21-11-20(35-13-17-8-23(38-3)25(40-5)24(9-17)39-4)12-22(21)26(37)36-14-16-6-18(27(29,30)31)10-19(7-16)28(32,33)34/h6-10,15,20-22,35H,11-14H2,1-5H3,(H,36,37)/t20-,21?,22-/m1/s1. The number of amides is 1. The molecule has 3 rings (SSSR count). The minimum atomic E-state index is -4.95. The third-order valence-corrected chi connectivity index (χ3v) is 7.24. The van der Waals surface area contributed by atoms with Gasteiger partial charge >= 0.3 is 12.4 Å². The fourth-order valence-electron chi connectivity index (χ4n) is 5.22. The first kappa shape index (κ1) is 31.4. The van der Waals surface area contributed by atoms with Crippen LogP contribution in [0.15, 0.2) is 30.3 Å². The molecule has 1 amide bonds. The van der Waals surface area contributed by atoms with Gasteiger partial charge in [-0.3, -0.25) is 4.79 Å². The molecule has 0 aliphatic heterocycles. The number of carbonyl (C=O) groups is 1. The normalized spacial score (nSPS) is 19.6. The van der Waals surface area contributed by atoms with Crippen LogP contribution in [-0.4, -0.2) is 33.3 Å². The number of benzene rings is 2. The summed E-state index contributed by atoms with van der Waals surface area (Å²) in [6.07, 6.45) is -8.76. The number of nitrogens with one attached hydrogen (secondary N) is 2. The Bertz CT molecular complexity index is 1130. The summed E-state index contributed by atoms with van der Waals surface area (Å²) >= 11 is 0. The molecule has 0 spiro atoms. The van der Waals surface area contributed by atoms with Gasteiger partial charge in [-0.1, -0.05) is 13.8 Å². The highest BCUT2D eigenvalue weighted by Gasteiger charge is 2.40. The van der Waals surface area contributed by atoms with E-state index in [1.54, 1.807) is 0 Å². The van der Waals surface area contributed by atoms with Crippen LogP contribution >= 0.6 is 0 Å². The summed E-state index contributed by atoms with van der Waals surface area (Å²) in [6.45, 7) is 3.96. The van der Waals surface area contributed by atoms with Crippen molar-refractivity contribution in [1.29, 1.82) is 0 Å². The molecule has 0 aromatic heterocycles. The van der Waals surface area contributed by atoms with E-state index in [9.17, 15) is 31.1 Å². The Morgan fingerprint density at radius 3 is 1.80 bits per heavy atom. The molecule has 1 unspecified atom stereocenters. The molecule has 222 valence electrons. The van der Waals surface area contributed by atoms with Crippen molar-refractivity contribution in [2.24, 2.45) is 17.8 Å². The van der Waals surface area contributed by atoms with Gasteiger partial charge in [0.05, 0.1) is 32.5 Å². The minimum Gasteiger partial charge on any atom is -0.493 e. The lowest BCUT2D eigenvalue weighted by atomic mass is 9.85. The molecular weight excluding hydrogens is 542 g/mol. The molecular formula is C28H34F6N2O4. The van der Waals surface area contributed by atoms with Gasteiger partial charge in [-0.05, 0) is 66.1 Å². The quantitative estimate of drug-likeness (QED) is 0.330. The molecule has 1 fully saturated rings. The lowest BCUT2D eigenvalue weighted by Gasteiger charge is -2.22. The summed E-state index contributed by atoms with van der Waals surface area (Å²) < 4.78 is 95.3. The molecule has 40 heavy (non-hydrogen) atoms. The van der Waals surface area contributed by atoms with E-state index < -0.39 is 41.8 Å². The Hall–Kier alpha value is -3.15. The van der Waals surface area contributed by atoms with Crippen molar-refractivity contribution in [1.82, 2.24) is 10.6 Å². The van der Waals surface area contributed by atoms with Gasteiger partial charge in [0.15, 0.2) is 11.5 Å². The second kappa shape index (κ2) is 12.6. The zero-order valence-electron chi connectivity index (χ0n) is 22.9. The molecule has 0 heterocycles. The topological polar surface area (TPSA) is 68.8 Å². The van der Waals surface area contributed by atoms with Crippen LogP contribution in [0, 0.1) is 17.8 Å². The zero-order chi connectivity index (χ0) is 29.8. The van der Waals surface area contributed by atoms with Crippen LogP contribution in [0.3, 0.4) is 0 Å². The maximum Gasteiger partial charge on any atom is 0.416 e. The summed E-state index contributed by atoms with van der Waals surface area (Å²) in [5.41, 5.74) is -2.23. The van der Waals surface area contributed by atoms with Gasteiger partial charge in [-0.25, -0.2) is 0 Å². The predicted octanol–water partition coefficient (Wildman–Crippen LogP) is 6.21. The van der Waals surface area contributed by atoms with Crippen molar-refractivity contribution < 1.29 is 45.3 Å². The second-order valence-electron chi connectivity index (χ2n) is 10.2. The van der Waals surface area contributed by atoms with E-state index in [-0.39, 0.29) is 29.5 Å². The Kier molecular flexibility index (Phi) is 9.86. The van der Waals surface area contributed by atoms with Crippen LogP contribution in [0.1, 0.15) is 48.9 Å². The molecule has 2 aromatic rings. The number of rotatable bonds is 10. The van der Waals surface area contributed by atoms with Gasteiger partial charge in [0.2, 0.25) is 11.7 Å². The average Bonchev–Trinajstić information content (AvgIpc) is 3.33. The fourth-order valence-corrected chi connectivity index (χ4v) is 5.22. The predicted molar refractivity (Wildman–Crippen MR) is 136 cm³/mol. The van der Waals surface area contributed by atoms with Crippen molar-refractivity contribution >= 4 is 5.91 Å². The number of methoxy groups -OCH3 is 3. The number of alkyl halides is 6. The number of hydrogen-bond acceptors (Lipinski definition) is 5. The molecule has 0 saturated heterocycles. The second-order valence-corrected chi connectivity index (χ2v) is 10.2. The largest absolute Gasteiger partial charge is 0.493 e. The summed E-state index contributed by atoms with van der Waals surface area (Å²) in [5, 5.41) is 6.02. The summed E-state index contributed by atoms with van der Waals surface area (Å²) in [6, 6.07) is 4.93. The van der Waals surface area contributed by atoms with Gasteiger partial charge in [-0.2, -0.15) is 26.3 Å². The lowest BCUT2D eigenvalue weighted by molar-refractivity contribution is -0.143. The van der Waals surface area contributed by atoms with E-state index >= 15 is 0 Å².